The number of methoxy groups -OCH3 is 1. The van der Waals surface area contributed by atoms with Gasteiger partial charge in [-0.1, -0.05) is 5.10 Å². The highest BCUT2D eigenvalue weighted by Gasteiger charge is 2.14. The average molecular weight is 424 g/mol. The third kappa shape index (κ3) is 4.86. The summed E-state index contributed by atoms with van der Waals surface area (Å²) in [6.07, 6.45) is 0.320. The van der Waals surface area contributed by atoms with E-state index in [0.29, 0.717) is 22.6 Å². The molecule has 3 aromatic rings. The second-order valence-corrected chi connectivity index (χ2v) is 6.79. The second-order valence-electron chi connectivity index (χ2n) is 4.84. The number of carbonyl (C=O) groups is 1. The fraction of sp³-hybridized carbons (Fsp3) is 0.188. The van der Waals surface area contributed by atoms with Gasteiger partial charge < -0.3 is 13.6 Å². The molecule has 0 aliphatic carbocycles. The highest BCUT2D eigenvalue weighted by atomic mass is 79.9. The first-order chi connectivity index (χ1) is 12.1. The molecule has 2 heterocycles. The van der Waals surface area contributed by atoms with Crippen LogP contribution < -0.4 is 10.1 Å². The van der Waals surface area contributed by atoms with E-state index in [1.165, 1.54) is 0 Å². The van der Waals surface area contributed by atoms with Gasteiger partial charge in [-0.15, -0.1) is 16.9 Å². The van der Waals surface area contributed by atoms with Crippen molar-refractivity contribution in [3.63, 3.8) is 0 Å². The summed E-state index contributed by atoms with van der Waals surface area (Å²) in [5.41, 5.74) is 0. The molecule has 0 aliphatic rings. The van der Waals surface area contributed by atoms with Crippen molar-refractivity contribution in [1.82, 2.24) is 10.2 Å². The van der Waals surface area contributed by atoms with E-state index in [2.05, 4.69) is 31.4 Å². The van der Waals surface area contributed by atoms with Crippen LogP contribution >= 0.6 is 27.7 Å². The molecule has 130 valence electrons. The fourth-order valence-corrected chi connectivity index (χ4v) is 3.08. The summed E-state index contributed by atoms with van der Waals surface area (Å²) in [7, 11) is 1.63. The molecule has 0 saturated heterocycles. The van der Waals surface area contributed by atoms with Crippen LogP contribution in [-0.4, -0.2) is 29.0 Å². The van der Waals surface area contributed by atoms with Gasteiger partial charge in [-0.2, -0.15) is 0 Å². The lowest BCUT2D eigenvalue weighted by Crippen LogP contribution is -2.12. The Labute approximate surface area is 156 Å². The maximum Gasteiger partial charge on any atom is 0.322 e. The van der Waals surface area contributed by atoms with Crippen LogP contribution in [0.1, 0.15) is 6.42 Å². The molecule has 25 heavy (non-hydrogen) atoms. The van der Waals surface area contributed by atoms with Gasteiger partial charge in [0.25, 0.3) is 5.89 Å². The number of hydrogen-bond acceptors (Lipinski definition) is 7. The summed E-state index contributed by atoms with van der Waals surface area (Å²) in [5.74, 6) is 1.86. The monoisotopic (exact) mass is 423 g/mol. The number of benzene rings is 1. The van der Waals surface area contributed by atoms with Gasteiger partial charge in [0.15, 0.2) is 10.4 Å². The van der Waals surface area contributed by atoms with Crippen LogP contribution in [0.25, 0.3) is 11.7 Å². The van der Waals surface area contributed by atoms with Crippen molar-refractivity contribution in [2.75, 3.05) is 18.2 Å². The zero-order chi connectivity index (χ0) is 17.6. The first-order valence-electron chi connectivity index (χ1n) is 7.30. The number of nitrogens with one attached hydrogen (secondary N) is 1. The number of halogens is 1. The minimum atomic E-state index is -0.197. The number of hydrogen-bond donors (Lipinski definition) is 1. The average Bonchev–Trinajstić information content (AvgIpc) is 3.24. The van der Waals surface area contributed by atoms with E-state index in [1.54, 1.807) is 31.0 Å². The molecule has 1 aromatic carbocycles. The van der Waals surface area contributed by atoms with Crippen molar-refractivity contribution in [2.24, 2.45) is 0 Å². The summed E-state index contributed by atoms with van der Waals surface area (Å²) in [4.78, 5) is 13.0. The normalized spacial score (nSPS) is 10.6. The SMILES string of the molecule is COc1ccc(SCCC(=O)Nc2nnc(-c3ccc(Br)o3)o2)cc1. The molecule has 1 N–H and O–H groups in total. The quantitative estimate of drug-likeness (QED) is 0.568. The lowest BCUT2D eigenvalue weighted by Gasteiger charge is -2.03. The smallest absolute Gasteiger partial charge is 0.322 e. The predicted octanol–water partition coefficient (Wildman–Crippen LogP) is 4.22. The predicted molar refractivity (Wildman–Crippen MR) is 96.7 cm³/mol. The molecule has 0 fully saturated rings. The highest BCUT2D eigenvalue weighted by Crippen LogP contribution is 2.25. The van der Waals surface area contributed by atoms with Crippen LogP contribution in [0.4, 0.5) is 6.01 Å². The Bertz CT molecular complexity index is 847. The van der Waals surface area contributed by atoms with Crippen LogP contribution in [0.15, 0.2) is 54.8 Å². The van der Waals surface area contributed by atoms with Crippen molar-refractivity contribution >= 4 is 39.6 Å². The lowest BCUT2D eigenvalue weighted by molar-refractivity contribution is -0.115. The van der Waals surface area contributed by atoms with Crippen molar-refractivity contribution in [3.05, 3.63) is 41.1 Å². The van der Waals surface area contributed by atoms with Crippen LogP contribution in [-0.2, 0) is 4.79 Å². The Morgan fingerprint density at radius 3 is 2.68 bits per heavy atom. The third-order valence-corrected chi connectivity index (χ3v) is 4.55. The minimum Gasteiger partial charge on any atom is -0.497 e. The van der Waals surface area contributed by atoms with Gasteiger partial charge in [0, 0.05) is 17.1 Å². The molecule has 0 aliphatic heterocycles. The Morgan fingerprint density at radius 2 is 2.00 bits per heavy atom. The number of aromatic nitrogens is 2. The zero-order valence-corrected chi connectivity index (χ0v) is 15.6. The molecule has 2 aromatic heterocycles. The number of nitrogens with zero attached hydrogens (tertiary/aromatic N) is 2. The summed E-state index contributed by atoms with van der Waals surface area (Å²) < 4.78 is 16.3. The van der Waals surface area contributed by atoms with Gasteiger partial charge in [0.1, 0.15) is 5.75 Å². The Balaban J connectivity index is 1.47. The van der Waals surface area contributed by atoms with E-state index in [1.807, 2.05) is 24.3 Å². The molecule has 0 saturated carbocycles. The Hall–Kier alpha value is -2.26. The van der Waals surface area contributed by atoms with Crippen LogP contribution in [0, 0.1) is 0 Å². The van der Waals surface area contributed by atoms with Crippen molar-refractivity contribution in [3.8, 4) is 17.4 Å². The van der Waals surface area contributed by atoms with Crippen molar-refractivity contribution < 1.29 is 18.4 Å². The molecule has 0 bridgehead atoms. The maximum absolute atomic E-state index is 11.9. The van der Waals surface area contributed by atoms with Crippen molar-refractivity contribution in [1.29, 1.82) is 0 Å². The molecule has 3 rings (SSSR count). The van der Waals surface area contributed by atoms with Crippen LogP contribution in [0.5, 0.6) is 5.75 Å². The minimum absolute atomic E-state index is 0.0435. The number of furan rings is 1. The van der Waals surface area contributed by atoms with E-state index in [-0.39, 0.29) is 17.8 Å². The van der Waals surface area contributed by atoms with Gasteiger partial charge in [-0.3, -0.25) is 10.1 Å². The largest absolute Gasteiger partial charge is 0.497 e. The van der Waals surface area contributed by atoms with Gasteiger partial charge in [-0.25, -0.2) is 0 Å². The van der Waals surface area contributed by atoms with E-state index < -0.39 is 0 Å². The number of ether oxygens (including phenoxy) is 1. The van der Waals surface area contributed by atoms with Crippen LogP contribution in [0.2, 0.25) is 0 Å². The number of rotatable bonds is 7. The van der Waals surface area contributed by atoms with Gasteiger partial charge >= 0.3 is 6.01 Å². The molecule has 0 unspecified atom stereocenters. The molecular formula is C16H14BrN3O4S. The number of carbonyl (C=O) groups excluding carboxylic acids is 1. The summed E-state index contributed by atoms with van der Waals surface area (Å²) in [6.45, 7) is 0. The first kappa shape index (κ1) is 17.6. The third-order valence-electron chi connectivity index (χ3n) is 3.11. The maximum atomic E-state index is 11.9. The molecule has 0 radical (unpaired) electrons. The molecule has 0 atom stereocenters. The zero-order valence-electron chi connectivity index (χ0n) is 13.2. The van der Waals surface area contributed by atoms with Gasteiger partial charge in [-0.05, 0) is 52.3 Å². The van der Waals surface area contributed by atoms with Crippen LogP contribution in [0.3, 0.4) is 0 Å². The summed E-state index contributed by atoms with van der Waals surface area (Å²) in [6, 6.07) is 11.1. The molecular weight excluding hydrogens is 410 g/mol. The summed E-state index contributed by atoms with van der Waals surface area (Å²) in [5, 5.41) is 10.2. The Kier molecular flexibility index (Phi) is 5.77. The fourth-order valence-electron chi connectivity index (χ4n) is 1.92. The highest BCUT2D eigenvalue weighted by molar-refractivity contribution is 9.10. The number of thioether (sulfide) groups is 1. The standard InChI is InChI=1S/C16H14BrN3O4S/c1-22-10-2-4-11(5-3-10)25-9-8-14(21)18-16-20-19-15(24-16)12-6-7-13(17)23-12/h2-7H,8-9H2,1H3,(H,18,20,21). The molecule has 1 amide bonds. The second kappa shape index (κ2) is 8.21. The Morgan fingerprint density at radius 1 is 1.20 bits per heavy atom. The molecule has 9 heteroatoms. The number of anilines is 1. The van der Waals surface area contributed by atoms with E-state index in [0.717, 1.165) is 10.6 Å². The number of amides is 1. The first-order valence-corrected chi connectivity index (χ1v) is 9.08. The van der Waals surface area contributed by atoms with E-state index in [9.17, 15) is 4.79 Å². The lowest BCUT2D eigenvalue weighted by atomic mass is 10.3. The molecule has 7 nitrogen and oxygen atoms in total. The van der Waals surface area contributed by atoms with E-state index >= 15 is 0 Å². The van der Waals surface area contributed by atoms with E-state index in [4.69, 9.17) is 13.6 Å². The van der Waals surface area contributed by atoms with Crippen molar-refractivity contribution in [2.45, 2.75) is 11.3 Å². The van der Waals surface area contributed by atoms with Gasteiger partial charge in [0.2, 0.25) is 5.91 Å². The van der Waals surface area contributed by atoms with Gasteiger partial charge in [0.05, 0.1) is 7.11 Å². The summed E-state index contributed by atoms with van der Waals surface area (Å²) >= 11 is 4.78. The molecule has 0 spiro atoms. The topological polar surface area (TPSA) is 90.4 Å².